The molecule has 0 N–H and O–H groups in total. The first-order valence-electron chi connectivity index (χ1n) is 5.18. The van der Waals surface area contributed by atoms with Gasteiger partial charge in [0.15, 0.2) is 5.65 Å². The third-order valence-electron chi connectivity index (χ3n) is 2.34. The minimum atomic E-state index is 0.815. The minimum Gasteiger partial charge on any atom is -0.264 e. The van der Waals surface area contributed by atoms with Crippen LogP contribution >= 0.6 is 0 Å². The van der Waals surface area contributed by atoms with E-state index in [1.165, 1.54) is 6.33 Å². The molecule has 0 aliphatic heterocycles. The summed E-state index contributed by atoms with van der Waals surface area (Å²) in [5.41, 5.74) is 2.63. The summed E-state index contributed by atoms with van der Waals surface area (Å²) in [6, 6.07) is 0. The van der Waals surface area contributed by atoms with Gasteiger partial charge in [-0.1, -0.05) is 12.7 Å². The Hall–Kier alpha value is -2.30. The van der Waals surface area contributed by atoms with Crippen molar-refractivity contribution in [2.75, 3.05) is 0 Å². The minimum absolute atomic E-state index is 0.815. The predicted molar refractivity (Wildman–Crippen MR) is 68.6 cm³/mol. The summed E-state index contributed by atoms with van der Waals surface area (Å²) in [4.78, 5) is 12.3. The van der Waals surface area contributed by atoms with Crippen molar-refractivity contribution < 1.29 is 0 Å². The van der Waals surface area contributed by atoms with Crippen molar-refractivity contribution in [2.24, 2.45) is 12.0 Å². The van der Waals surface area contributed by atoms with Gasteiger partial charge in [0, 0.05) is 25.7 Å². The molecule has 0 saturated carbocycles. The predicted octanol–water partition coefficient (Wildman–Crippen LogP) is 1.98. The van der Waals surface area contributed by atoms with Gasteiger partial charge in [-0.15, -0.1) is 0 Å². The molecule has 0 spiro atoms. The maximum absolute atomic E-state index is 4.41. The van der Waals surface area contributed by atoms with Gasteiger partial charge in [-0.3, -0.25) is 4.99 Å². The van der Waals surface area contributed by atoms with Gasteiger partial charge in [0.25, 0.3) is 0 Å². The maximum Gasteiger partial charge on any atom is 0.161 e. The quantitative estimate of drug-likeness (QED) is 0.753. The van der Waals surface area contributed by atoms with Crippen LogP contribution in [0.5, 0.6) is 0 Å². The van der Waals surface area contributed by atoms with Crippen LogP contribution in [0.15, 0.2) is 36.4 Å². The van der Waals surface area contributed by atoms with Crippen LogP contribution < -0.4 is 0 Å². The molecular formula is C12H13N5. The Balaban J connectivity index is 2.52. The van der Waals surface area contributed by atoms with Crippen molar-refractivity contribution in [3.05, 3.63) is 37.1 Å². The molecule has 0 atom stereocenters. The molecule has 2 aromatic heterocycles. The van der Waals surface area contributed by atoms with Gasteiger partial charge >= 0.3 is 0 Å². The molecule has 0 fully saturated rings. The normalized spacial score (nSPS) is 12.5. The van der Waals surface area contributed by atoms with E-state index >= 15 is 0 Å². The number of nitrogens with zero attached hydrogens (tertiary/aromatic N) is 5. The molecule has 0 saturated heterocycles. The summed E-state index contributed by atoms with van der Waals surface area (Å²) in [6.07, 6.45) is 8.28. The smallest absolute Gasteiger partial charge is 0.161 e. The number of rotatable bonds is 3. The summed E-state index contributed by atoms with van der Waals surface area (Å²) in [5, 5.41) is 5.34. The second-order valence-electron chi connectivity index (χ2n) is 3.58. The summed E-state index contributed by atoms with van der Waals surface area (Å²) in [7, 11) is 1.86. The lowest BCUT2D eigenvalue weighted by atomic mass is 10.2. The zero-order valence-corrected chi connectivity index (χ0v) is 9.83. The highest BCUT2D eigenvalue weighted by Crippen LogP contribution is 2.21. The third-order valence-corrected chi connectivity index (χ3v) is 2.34. The Morgan fingerprint density at radius 3 is 3.12 bits per heavy atom. The molecule has 2 aromatic rings. The Bertz CT molecular complexity index is 606. The molecule has 0 unspecified atom stereocenters. The Labute approximate surface area is 99.2 Å². The van der Waals surface area contributed by atoms with Crippen molar-refractivity contribution in [3.63, 3.8) is 0 Å². The van der Waals surface area contributed by atoms with Crippen molar-refractivity contribution in [3.8, 4) is 0 Å². The summed E-state index contributed by atoms with van der Waals surface area (Å²) in [6.45, 7) is 5.52. The van der Waals surface area contributed by atoms with Crippen molar-refractivity contribution in [2.45, 2.75) is 6.92 Å². The first-order chi connectivity index (χ1) is 8.24. The van der Waals surface area contributed by atoms with Gasteiger partial charge in [-0.05, 0) is 12.5 Å². The van der Waals surface area contributed by atoms with Crippen LogP contribution in [0, 0.1) is 0 Å². The molecule has 5 nitrogen and oxygen atoms in total. The van der Waals surface area contributed by atoms with Crippen molar-refractivity contribution in [1.29, 1.82) is 0 Å². The number of aryl methyl sites for hydroxylation is 1. The zero-order chi connectivity index (χ0) is 12.3. The molecule has 86 valence electrons. The van der Waals surface area contributed by atoms with Gasteiger partial charge in [0.2, 0.25) is 0 Å². The van der Waals surface area contributed by atoms with Gasteiger partial charge < -0.3 is 0 Å². The van der Waals surface area contributed by atoms with Crippen LogP contribution in [-0.4, -0.2) is 26.0 Å². The zero-order valence-electron chi connectivity index (χ0n) is 9.83. The van der Waals surface area contributed by atoms with Gasteiger partial charge in [-0.2, -0.15) is 5.10 Å². The van der Waals surface area contributed by atoms with E-state index < -0.39 is 0 Å². The van der Waals surface area contributed by atoms with E-state index in [1.54, 1.807) is 29.4 Å². The van der Waals surface area contributed by atoms with Crippen molar-refractivity contribution >= 4 is 22.8 Å². The standard InChI is InChI=1S/C12H13N5/c1-4-5-13-6-9(2)11-10-7-14-8-15-12(10)17(3)16-11/h4-8H,1H2,2-3H3/b9-6+,13-5?. The van der Waals surface area contributed by atoms with Crippen LogP contribution in [-0.2, 0) is 7.05 Å². The Kier molecular flexibility index (Phi) is 3.09. The monoisotopic (exact) mass is 227 g/mol. The molecule has 0 aliphatic rings. The van der Waals surface area contributed by atoms with Crippen LogP contribution in [0.2, 0.25) is 0 Å². The van der Waals surface area contributed by atoms with Crippen LogP contribution in [0.4, 0.5) is 0 Å². The lowest BCUT2D eigenvalue weighted by molar-refractivity contribution is 0.780. The van der Waals surface area contributed by atoms with Crippen LogP contribution in [0.25, 0.3) is 16.6 Å². The number of aliphatic imine (C=N–C) groups is 1. The van der Waals surface area contributed by atoms with E-state index in [0.717, 1.165) is 22.3 Å². The number of fused-ring (bicyclic) bond motifs is 1. The van der Waals surface area contributed by atoms with Crippen LogP contribution in [0.1, 0.15) is 12.6 Å². The number of allylic oxidation sites excluding steroid dienone is 2. The molecule has 5 heteroatoms. The molecule has 0 bridgehead atoms. The van der Waals surface area contributed by atoms with E-state index in [2.05, 4.69) is 26.6 Å². The molecule has 2 heterocycles. The van der Waals surface area contributed by atoms with E-state index in [9.17, 15) is 0 Å². The van der Waals surface area contributed by atoms with Crippen molar-refractivity contribution in [1.82, 2.24) is 19.7 Å². The fourth-order valence-electron chi connectivity index (χ4n) is 1.57. The van der Waals surface area contributed by atoms with E-state index in [4.69, 9.17) is 0 Å². The first kappa shape index (κ1) is 11.2. The molecular weight excluding hydrogens is 214 g/mol. The average molecular weight is 227 g/mol. The van der Waals surface area contributed by atoms with E-state index in [-0.39, 0.29) is 0 Å². The second-order valence-corrected chi connectivity index (χ2v) is 3.58. The fourth-order valence-corrected chi connectivity index (χ4v) is 1.57. The second kappa shape index (κ2) is 4.69. The molecule has 2 rings (SSSR count). The summed E-state index contributed by atoms with van der Waals surface area (Å²) < 4.78 is 1.74. The largest absolute Gasteiger partial charge is 0.264 e. The van der Waals surface area contributed by atoms with Gasteiger partial charge in [0.1, 0.15) is 12.0 Å². The average Bonchev–Trinajstić information content (AvgIpc) is 2.68. The SMILES string of the molecule is C=CC=N/C=C(\C)c1nn(C)c2ncncc12. The van der Waals surface area contributed by atoms with Crippen LogP contribution in [0.3, 0.4) is 0 Å². The number of hydrogen-bond donors (Lipinski definition) is 0. The van der Waals surface area contributed by atoms with Gasteiger partial charge in [-0.25, -0.2) is 14.6 Å². The van der Waals surface area contributed by atoms with E-state index in [1.807, 2.05) is 14.0 Å². The fraction of sp³-hybridized carbons (Fsp3) is 0.167. The Morgan fingerprint density at radius 2 is 2.35 bits per heavy atom. The molecule has 0 aliphatic carbocycles. The first-order valence-corrected chi connectivity index (χ1v) is 5.18. The highest BCUT2D eigenvalue weighted by atomic mass is 15.3. The van der Waals surface area contributed by atoms with E-state index in [0.29, 0.717) is 0 Å². The maximum atomic E-state index is 4.41. The topological polar surface area (TPSA) is 56.0 Å². The lowest BCUT2D eigenvalue weighted by Crippen LogP contribution is -1.92. The molecule has 17 heavy (non-hydrogen) atoms. The van der Waals surface area contributed by atoms with Gasteiger partial charge in [0.05, 0.1) is 5.39 Å². The highest BCUT2D eigenvalue weighted by Gasteiger charge is 2.10. The molecule has 0 aromatic carbocycles. The molecule has 0 radical (unpaired) electrons. The summed E-state index contributed by atoms with van der Waals surface area (Å²) in [5.74, 6) is 0. The third kappa shape index (κ3) is 2.13. The Morgan fingerprint density at radius 1 is 1.53 bits per heavy atom. The number of aromatic nitrogens is 4. The molecule has 0 amide bonds. The summed E-state index contributed by atoms with van der Waals surface area (Å²) >= 11 is 0. The lowest BCUT2D eigenvalue weighted by Gasteiger charge is -1.93. The highest BCUT2D eigenvalue weighted by molar-refractivity contribution is 5.87. The number of hydrogen-bond acceptors (Lipinski definition) is 4.